The average Bonchev–Trinajstić information content (AvgIpc) is 2.64. The summed E-state index contributed by atoms with van der Waals surface area (Å²) in [5.41, 5.74) is 1.36. The fourth-order valence-corrected chi connectivity index (χ4v) is 2.44. The summed E-state index contributed by atoms with van der Waals surface area (Å²) in [6.45, 7) is 2.70. The van der Waals surface area contributed by atoms with E-state index in [1.165, 1.54) is 0 Å². The van der Waals surface area contributed by atoms with Crippen LogP contribution in [-0.4, -0.2) is 49.1 Å². The van der Waals surface area contributed by atoms with Crippen molar-refractivity contribution in [1.82, 2.24) is 4.90 Å². The summed E-state index contributed by atoms with van der Waals surface area (Å²) in [5.74, 6) is 0.797. The molecular formula is C20H25NO3. The summed E-state index contributed by atoms with van der Waals surface area (Å²) in [6, 6.07) is 16.5. The van der Waals surface area contributed by atoms with Crippen LogP contribution in [0.25, 0.3) is 0 Å². The van der Waals surface area contributed by atoms with E-state index in [0.29, 0.717) is 17.7 Å². The van der Waals surface area contributed by atoms with E-state index in [2.05, 4.69) is 4.90 Å². The number of carbonyl (C=O) groups is 1. The van der Waals surface area contributed by atoms with Crippen LogP contribution >= 0.6 is 0 Å². The predicted octanol–water partition coefficient (Wildman–Crippen LogP) is 3.00. The second-order valence-electron chi connectivity index (χ2n) is 5.80. The van der Waals surface area contributed by atoms with Crippen molar-refractivity contribution in [2.75, 3.05) is 33.4 Å². The maximum atomic E-state index is 12.3. The molecule has 1 N–H and O–H groups in total. The molecule has 0 atom stereocenters. The van der Waals surface area contributed by atoms with E-state index in [9.17, 15) is 4.79 Å². The Hall–Kier alpha value is -2.17. The number of aliphatic hydroxyl groups excluding tert-OH is 1. The van der Waals surface area contributed by atoms with Gasteiger partial charge in [0.15, 0.2) is 5.78 Å². The van der Waals surface area contributed by atoms with E-state index < -0.39 is 0 Å². The summed E-state index contributed by atoms with van der Waals surface area (Å²) < 4.78 is 5.71. The van der Waals surface area contributed by atoms with E-state index >= 15 is 0 Å². The third-order valence-electron chi connectivity index (χ3n) is 3.80. The molecule has 0 fully saturated rings. The molecular weight excluding hydrogens is 302 g/mol. The number of nitrogens with zero attached hydrogens (tertiary/aromatic N) is 1. The molecule has 2 aromatic rings. The van der Waals surface area contributed by atoms with Gasteiger partial charge in [-0.15, -0.1) is 0 Å². The summed E-state index contributed by atoms with van der Waals surface area (Å²) in [4.78, 5) is 14.5. The molecule has 0 spiro atoms. The molecule has 128 valence electrons. The predicted molar refractivity (Wildman–Crippen MR) is 95.6 cm³/mol. The molecule has 24 heavy (non-hydrogen) atoms. The Labute approximate surface area is 143 Å². The molecule has 0 saturated heterocycles. The van der Waals surface area contributed by atoms with Gasteiger partial charge in [-0.2, -0.15) is 0 Å². The van der Waals surface area contributed by atoms with Crippen molar-refractivity contribution >= 4 is 5.78 Å². The SMILES string of the molecule is CN(CCCO)CCCOc1ccc(C(=O)c2ccccc2)cc1. The topological polar surface area (TPSA) is 49.8 Å². The van der Waals surface area contributed by atoms with Gasteiger partial charge in [-0.1, -0.05) is 30.3 Å². The minimum Gasteiger partial charge on any atom is -0.494 e. The first-order chi connectivity index (χ1) is 11.7. The molecule has 4 heteroatoms. The van der Waals surface area contributed by atoms with Crippen molar-refractivity contribution in [2.24, 2.45) is 0 Å². The standard InChI is InChI=1S/C20H25NO3/c1-21(13-5-15-22)14-6-16-24-19-11-9-18(10-12-19)20(23)17-7-3-2-4-8-17/h2-4,7-12,22H,5-6,13-16H2,1H3. The highest BCUT2D eigenvalue weighted by Crippen LogP contribution is 2.15. The van der Waals surface area contributed by atoms with Crippen LogP contribution in [-0.2, 0) is 0 Å². The van der Waals surface area contributed by atoms with E-state index in [1.807, 2.05) is 49.5 Å². The molecule has 0 saturated carbocycles. The number of rotatable bonds is 10. The Morgan fingerprint density at radius 1 is 0.958 bits per heavy atom. The highest BCUT2D eigenvalue weighted by Gasteiger charge is 2.08. The number of aliphatic hydroxyl groups is 1. The van der Waals surface area contributed by atoms with E-state index in [4.69, 9.17) is 9.84 Å². The van der Waals surface area contributed by atoms with Crippen LogP contribution in [0.1, 0.15) is 28.8 Å². The smallest absolute Gasteiger partial charge is 0.193 e. The Kier molecular flexibility index (Phi) is 7.46. The van der Waals surface area contributed by atoms with E-state index in [-0.39, 0.29) is 12.4 Å². The number of hydrogen-bond acceptors (Lipinski definition) is 4. The van der Waals surface area contributed by atoms with Crippen molar-refractivity contribution in [3.8, 4) is 5.75 Å². The average molecular weight is 327 g/mol. The van der Waals surface area contributed by atoms with Crippen LogP contribution in [0, 0.1) is 0 Å². The first-order valence-electron chi connectivity index (χ1n) is 8.32. The van der Waals surface area contributed by atoms with Crippen molar-refractivity contribution < 1.29 is 14.6 Å². The number of carbonyl (C=O) groups excluding carboxylic acids is 1. The number of ketones is 1. The van der Waals surface area contributed by atoms with Gasteiger partial charge in [0.25, 0.3) is 0 Å². The molecule has 0 unspecified atom stereocenters. The van der Waals surface area contributed by atoms with Gasteiger partial charge >= 0.3 is 0 Å². The number of hydrogen-bond donors (Lipinski definition) is 1. The number of ether oxygens (including phenoxy) is 1. The van der Waals surface area contributed by atoms with Crippen LogP contribution < -0.4 is 4.74 Å². The van der Waals surface area contributed by atoms with E-state index in [1.54, 1.807) is 12.1 Å². The molecule has 2 aromatic carbocycles. The first-order valence-corrected chi connectivity index (χ1v) is 8.32. The fourth-order valence-electron chi connectivity index (χ4n) is 2.44. The minimum absolute atomic E-state index is 0.0210. The van der Waals surface area contributed by atoms with Gasteiger partial charge in [0.2, 0.25) is 0 Å². The Morgan fingerprint density at radius 3 is 2.25 bits per heavy atom. The Morgan fingerprint density at radius 2 is 1.58 bits per heavy atom. The molecule has 0 aromatic heterocycles. The second-order valence-corrected chi connectivity index (χ2v) is 5.80. The van der Waals surface area contributed by atoms with Gasteiger partial charge in [0.1, 0.15) is 5.75 Å². The van der Waals surface area contributed by atoms with Crippen LogP contribution in [0.5, 0.6) is 5.75 Å². The number of benzene rings is 2. The Balaban J connectivity index is 1.77. The molecule has 4 nitrogen and oxygen atoms in total. The fraction of sp³-hybridized carbons (Fsp3) is 0.350. The zero-order valence-electron chi connectivity index (χ0n) is 14.1. The maximum Gasteiger partial charge on any atom is 0.193 e. The zero-order valence-corrected chi connectivity index (χ0v) is 14.1. The highest BCUT2D eigenvalue weighted by molar-refractivity contribution is 6.08. The van der Waals surface area contributed by atoms with Crippen LogP contribution in [0.3, 0.4) is 0 Å². The normalized spacial score (nSPS) is 10.8. The molecule has 0 amide bonds. The largest absolute Gasteiger partial charge is 0.494 e. The van der Waals surface area contributed by atoms with Gasteiger partial charge in [-0.3, -0.25) is 4.79 Å². The lowest BCUT2D eigenvalue weighted by Gasteiger charge is -2.15. The monoisotopic (exact) mass is 327 g/mol. The lowest BCUT2D eigenvalue weighted by atomic mass is 10.0. The van der Waals surface area contributed by atoms with Crippen molar-refractivity contribution in [2.45, 2.75) is 12.8 Å². The van der Waals surface area contributed by atoms with Gasteiger partial charge in [0.05, 0.1) is 6.61 Å². The second kappa shape index (κ2) is 9.85. The molecule has 2 rings (SSSR count). The van der Waals surface area contributed by atoms with E-state index in [0.717, 1.165) is 31.7 Å². The maximum absolute atomic E-state index is 12.3. The van der Waals surface area contributed by atoms with Crippen LogP contribution in [0.4, 0.5) is 0 Å². The molecule has 0 aliphatic rings. The molecule has 0 aliphatic heterocycles. The third kappa shape index (κ3) is 5.80. The van der Waals surface area contributed by atoms with Gasteiger partial charge in [0, 0.05) is 30.8 Å². The van der Waals surface area contributed by atoms with Crippen molar-refractivity contribution in [3.63, 3.8) is 0 Å². The zero-order chi connectivity index (χ0) is 17.2. The molecule has 0 bridgehead atoms. The van der Waals surface area contributed by atoms with Gasteiger partial charge in [-0.25, -0.2) is 0 Å². The van der Waals surface area contributed by atoms with Crippen LogP contribution in [0.2, 0.25) is 0 Å². The molecule has 0 heterocycles. The van der Waals surface area contributed by atoms with Gasteiger partial charge < -0.3 is 14.7 Å². The van der Waals surface area contributed by atoms with Crippen LogP contribution in [0.15, 0.2) is 54.6 Å². The quantitative estimate of drug-likeness (QED) is 0.538. The summed E-state index contributed by atoms with van der Waals surface area (Å²) in [6.07, 6.45) is 1.72. The third-order valence-corrected chi connectivity index (χ3v) is 3.80. The van der Waals surface area contributed by atoms with Crippen molar-refractivity contribution in [1.29, 1.82) is 0 Å². The lowest BCUT2D eigenvalue weighted by Crippen LogP contribution is -2.23. The van der Waals surface area contributed by atoms with Gasteiger partial charge in [-0.05, 0) is 44.2 Å². The molecule has 0 radical (unpaired) electrons. The minimum atomic E-state index is 0.0210. The van der Waals surface area contributed by atoms with Crippen molar-refractivity contribution in [3.05, 3.63) is 65.7 Å². The molecule has 0 aliphatic carbocycles. The summed E-state index contributed by atoms with van der Waals surface area (Å²) in [7, 11) is 2.04. The summed E-state index contributed by atoms with van der Waals surface area (Å²) in [5, 5.41) is 8.79. The Bertz CT molecular complexity index is 611. The summed E-state index contributed by atoms with van der Waals surface area (Å²) >= 11 is 0. The highest BCUT2D eigenvalue weighted by atomic mass is 16.5. The first kappa shape index (κ1) is 18.2. The lowest BCUT2D eigenvalue weighted by molar-refractivity contribution is 0.103.